The maximum absolute atomic E-state index is 7.52. The molecule has 0 amide bonds. The van der Waals surface area contributed by atoms with Crippen molar-refractivity contribution in [2.75, 3.05) is 6.54 Å². The van der Waals surface area contributed by atoms with Crippen molar-refractivity contribution in [2.24, 2.45) is 4.99 Å². The van der Waals surface area contributed by atoms with Crippen LogP contribution in [0.1, 0.15) is 32.6 Å². The Morgan fingerprint density at radius 1 is 1.40 bits per heavy atom. The van der Waals surface area contributed by atoms with Crippen molar-refractivity contribution in [1.29, 1.82) is 5.41 Å². The predicted molar refractivity (Wildman–Crippen MR) is 44.2 cm³/mol. The summed E-state index contributed by atoms with van der Waals surface area (Å²) in [5.41, 5.74) is 1.82. The summed E-state index contributed by atoms with van der Waals surface area (Å²) in [4.78, 5) is 4.26. The highest BCUT2D eigenvalue weighted by atomic mass is 14.7. The van der Waals surface area contributed by atoms with Gasteiger partial charge in [-0.05, 0) is 32.6 Å². The van der Waals surface area contributed by atoms with Crippen LogP contribution in [0.25, 0.3) is 0 Å². The standard InChI is InChI=1S/C8H14N2/c1-2-10-8-6-4-3-5-7(8)9/h9H,2-6H2,1H3. The van der Waals surface area contributed by atoms with E-state index in [4.69, 9.17) is 5.41 Å². The van der Waals surface area contributed by atoms with Crippen molar-refractivity contribution < 1.29 is 0 Å². The number of rotatable bonds is 1. The first-order chi connectivity index (χ1) is 4.84. The van der Waals surface area contributed by atoms with Gasteiger partial charge in [-0.15, -0.1) is 0 Å². The van der Waals surface area contributed by atoms with Crippen molar-refractivity contribution in [3.05, 3.63) is 0 Å². The Bertz CT molecular complexity index is 159. The molecule has 0 radical (unpaired) electrons. The van der Waals surface area contributed by atoms with Gasteiger partial charge in [-0.3, -0.25) is 4.99 Å². The van der Waals surface area contributed by atoms with Crippen LogP contribution in [-0.4, -0.2) is 18.0 Å². The number of nitrogens with zero attached hydrogens (tertiary/aromatic N) is 1. The quantitative estimate of drug-likeness (QED) is 0.575. The van der Waals surface area contributed by atoms with Gasteiger partial charge in [0.15, 0.2) is 0 Å². The van der Waals surface area contributed by atoms with Gasteiger partial charge in [0.1, 0.15) is 0 Å². The summed E-state index contributed by atoms with van der Waals surface area (Å²) in [5.74, 6) is 0. The second-order valence-corrected chi connectivity index (χ2v) is 2.61. The Morgan fingerprint density at radius 2 is 2.10 bits per heavy atom. The molecule has 56 valence electrons. The SMILES string of the molecule is CCN=C1CCCCC1=N. The van der Waals surface area contributed by atoms with Gasteiger partial charge in [0, 0.05) is 6.54 Å². The molecule has 0 heterocycles. The highest BCUT2D eigenvalue weighted by Gasteiger charge is 2.11. The zero-order valence-electron chi connectivity index (χ0n) is 6.48. The molecule has 1 aliphatic rings. The molecule has 0 saturated heterocycles. The lowest BCUT2D eigenvalue weighted by atomic mass is 9.96. The van der Waals surface area contributed by atoms with Gasteiger partial charge in [-0.2, -0.15) is 0 Å². The Kier molecular flexibility index (Phi) is 2.60. The monoisotopic (exact) mass is 138 g/mol. The molecule has 1 aliphatic carbocycles. The predicted octanol–water partition coefficient (Wildman–Crippen LogP) is 2.04. The lowest BCUT2D eigenvalue weighted by molar-refractivity contribution is 0.771. The second-order valence-electron chi connectivity index (χ2n) is 2.61. The van der Waals surface area contributed by atoms with Gasteiger partial charge in [-0.1, -0.05) is 0 Å². The van der Waals surface area contributed by atoms with Crippen LogP contribution >= 0.6 is 0 Å². The third kappa shape index (κ3) is 1.66. The van der Waals surface area contributed by atoms with E-state index in [0.717, 1.165) is 30.8 Å². The topological polar surface area (TPSA) is 36.2 Å². The Morgan fingerprint density at radius 3 is 2.70 bits per heavy atom. The molecule has 2 nitrogen and oxygen atoms in total. The van der Waals surface area contributed by atoms with Gasteiger partial charge in [0.2, 0.25) is 0 Å². The first kappa shape index (κ1) is 7.45. The zero-order chi connectivity index (χ0) is 7.40. The van der Waals surface area contributed by atoms with Crippen LogP contribution in [0.3, 0.4) is 0 Å². The molecular weight excluding hydrogens is 124 g/mol. The van der Waals surface area contributed by atoms with E-state index in [1.165, 1.54) is 12.8 Å². The third-order valence-corrected chi connectivity index (χ3v) is 1.79. The average molecular weight is 138 g/mol. The second kappa shape index (κ2) is 3.49. The summed E-state index contributed by atoms with van der Waals surface area (Å²) in [6.45, 7) is 2.85. The van der Waals surface area contributed by atoms with E-state index in [1.807, 2.05) is 6.92 Å². The number of hydrogen-bond acceptors (Lipinski definition) is 2. The highest BCUT2D eigenvalue weighted by molar-refractivity contribution is 6.41. The van der Waals surface area contributed by atoms with Crippen LogP contribution in [-0.2, 0) is 0 Å². The molecule has 0 bridgehead atoms. The molecule has 2 heteroatoms. The summed E-state index contributed by atoms with van der Waals surface area (Å²) < 4.78 is 0. The molecule has 0 unspecified atom stereocenters. The molecule has 0 aromatic carbocycles. The fourth-order valence-electron chi connectivity index (χ4n) is 1.25. The van der Waals surface area contributed by atoms with Gasteiger partial charge in [0.25, 0.3) is 0 Å². The lowest BCUT2D eigenvalue weighted by Gasteiger charge is -2.12. The van der Waals surface area contributed by atoms with Gasteiger partial charge < -0.3 is 5.41 Å². The zero-order valence-corrected chi connectivity index (χ0v) is 6.48. The number of hydrogen-bond donors (Lipinski definition) is 1. The van der Waals surface area contributed by atoms with Crippen LogP contribution in [0.15, 0.2) is 4.99 Å². The fourth-order valence-corrected chi connectivity index (χ4v) is 1.25. The number of nitrogens with one attached hydrogen (secondary N) is 1. The summed E-state index contributed by atoms with van der Waals surface area (Å²) in [6, 6.07) is 0. The Hall–Kier alpha value is -0.660. The summed E-state index contributed by atoms with van der Waals surface area (Å²) in [7, 11) is 0. The molecule has 0 aromatic heterocycles. The first-order valence-electron chi connectivity index (χ1n) is 3.95. The van der Waals surface area contributed by atoms with Crippen molar-refractivity contribution in [1.82, 2.24) is 0 Å². The van der Waals surface area contributed by atoms with Crippen LogP contribution in [0, 0.1) is 5.41 Å². The molecule has 1 rings (SSSR count). The minimum atomic E-state index is 0.771. The average Bonchev–Trinajstić information content (AvgIpc) is 1.94. The molecular formula is C8H14N2. The van der Waals surface area contributed by atoms with Crippen molar-refractivity contribution in [3.8, 4) is 0 Å². The summed E-state index contributed by atoms with van der Waals surface area (Å²) in [6.07, 6.45) is 4.38. The van der Waals surface area contributed by atoms with Crippen molar-refractivity contribution >= 4 is 11.4 Å². The molecule has 0 atom stereocenters. The minimum absolute atomic E-state index is 0.771. The maximum atomic E-state index is 7.52. The lowest BCUT2D eigenvalue weighted by Crippen LogP contribution is -2.17. The third-order valence-electron chi connectivity index (χ3n) is 1.79. The molecule has 1 N–H and O–H groups in total. The van der Waals surface area contributed by atoms with E-state index in [9.17, 15) is 0 Å². The van der Waals surface area contributed by atoms with Crippen LogP contribution < -0.4 is 0 Å². The maximum Gasteiger partial charge on any atom is 0.0555 e. The normalized spacial score (nSPS) is 23.7. The fraction of sp³-hybridized carbons (Fsp3) is 0.750. The van der Waals surface area contributed by atoms with Gasteiger partial charge in [-0.25, -0.2) is 0 Å². The summed E-state index contributed by atoms with van der Waals surface area (Å²) in [5, 5.41) is 7.52. The van der Waals surface area contributed by atoms with E-state index in [-0.39, 0.29) is 0 Å². The van der Waals surface area contributed by atoms with Gasteiger partial charge in [0.05, 0.1) is 11.4 Å². The van der Waals surface area contributed by atoms with Gasteiger partial charge >= 0.3 is 0 Å². The van der Waals surface area contributed by atoms with Crippen LogP contribution in [0.2, 0.25) is 0 Å². The Labute approximate surface area is 61.9 Å². The van der Waals surface area contributed by atoms with E-state index in [1.54, 1.807) is 0 Å². The van der Waals surface area contributed by atoms with E-state index < -0.39 is 0 Å². The molecule has 10 heavy (non-hydrogen) atoms. The molecule has 0 aliphatic heterocycles. The first-order valence-corrected chi connectivity index (χ1v) is 3.95. The van der Waals surface area contributed by atoms with Crippen molar-refractivity contribution in [3.63, 3.8) is 0 Å². The number of aliphatic imine (C=N–C) groups is 1. The van der Waals surface area contributed by atoms with Crippen molar-refractivity contribution in [2.45, 2.75) is 32.6 Å². The molecule has 0 aromatic rings. The smallest absolute Gasteiger partial charge is 0.0555 e. The van der Waals surface area contributed by atoms with E-state index in [0.29, 0.717) is 0 Å². The highest BCUT2D eigenvalue weighted by Crippen LogP contribution is 2.11. The van der Waals surface area contributed by atoms with Crippen LogP contribution in [0.5, 0.6) is 0 Å². The molecule has 0 spiro atoms. The summed E-state index contributed by atoms with van der Waals surface area (Å²) >= 11 is 0. The molecule has 1 saturated carbocycles. The van der Waals surface area contributed by atoms with Crippen LogP contribution in [0.4, 0.5) is 0 Å². The minimum Gasteiger partial charge on any atom is -0.303 e. The largest absolute Gasteiger partial charge is 0.303 e. The Balaban J connectivity index is 2.56. The van der Waals surface area contributed by atoms with E-state index >= 15 is 0 Å². The molecule has 1 fully saturated rings. The van der Waals surface area contributed by atoms with E-state index in [2.05, 4.69) is 4.99 Å².